The summed E-state index contributed by atoms with van der Waals surface area (Å²) < 4.78 is 6.00. The van der Waals surface area contributed by atoms with Crippen LogP contribution in [0.25, 0.3) is 0 Å². The van der Waals surface area contributed by atoms with E-state index in [4.69, 9.17) is 4.74 Å². The number of carboxylic acid groups (broad SMARTS) is 1. The maximum atomic E-state index is 13.3. The number of nitrogens with zero attached hydrogens (tertiary/aromatic N) is 2. The summed E-state index contributed by atoms with van der Waals surface area (Å²) in [6.45, 7) is 18.5. The maximum absolute atomic E-state index is 13.3. The fourth-order valence-corrected chi connectivity index (χ4v) is 5.20. The highest BCUT2D eigenvalue weighted by Gasteiger charge is 2.56. The van der Waals surface area contributed by atoms with Gasteiger partial charge in [0.25, 0.3) is 0 Å². The van der Waals surface area contributed by atoms with E-state index < -0.39 is 17.9 Å². The SMILES string of the molecule is CN1CCC(OC(=O)C(C(=O)O)C2CCN(C)C(C)(C)C2(C)C)C(C)(C)C1(C)C. The molecule has 0 radical (unpaired) electrons. The molecule has 2 rings (SSSR count). The Kier molecular flexibility index (Phi) is 6.26. The highest BCUT2D eigenvalue weighted by molar-refractivity contribution is 5.94. The molecular formula is C23H42N2O4. The summed E-state index contributed by atoms with van der Waals surface area (Å²) in [5, 5.41) is 10.0. The van der Waals surface area contributed by atoms with E-state index in [1.54, 1.807) is 0 Å². The van der Waals surface area contributed by atoms with Crippen molar-refractivity contribution in [2.24, 2.45) is 22.7 Å². The van der Waals surface area contributed by atoms with Gasteiger partial charge in [-0.1, -0.05) is 27.7 Å². The van der Waals surface area contributed by atoms with Gasteiger partial charge in [0.2, 0.25) is 0 Å². The lowest BCUT2D eigenvalue weighted by molar-refractivity contribution is -0.188. The number of esters is 1. The molecule has 0 amide bonds. The van der Waals surface area contributed by atoms with Crippen LogP contribution in [0.2, 0.25) is 0 Å². The van der Waals surface area contributed by atoms with Crippen molar-refractivity contribution in [3.8, 4) is 0 Å². The number of carbonyl (C=O) groups is 2. The molecule has 168 valence electrons. The molecule has 0 aromatic rings. The van der Waals surface area contributed by atoms with Gasteiger partial charge in [-0.3, -0.25) is 9.59 Å². The van der Waals surface area contributed by atoms with Crippen LogP contribution in [0.3, 0.4) is 0 Å². The Morgan fingerprint density at radius 3 is 1.79 bits per heavy atom. The average Bonchev–Trinajstić information content (AvgIpc) is 2.57. The van der Waals surface area contributed by atoms with Crippen LogP contribution in [0.5, 0.6) is 0 Å². The number of hydrogen-bond acceptors (Lipinski definition) is 5. The summed E-state index contributed by atoms with van der Waals surface area (Å²) >= 11 is 0. The molecule has 0 saturated carbocycles. The van der Waals surface area contributed by atoms with Crippen LogP contribution in [0.4, 0.5) is 0 Å². The van der Waals surface area contributed by atoms with Crippen LogP contribution in [-0.2, 0) is 14.3 Å². The maximum Gasteiger partial charge on any atom is 0.320 e. The molecule has 2 saturated heterocycles. The van der Waals surface area contributed by atoms with E-state index in [0.717, 1.165) is 13.1 Å². The molecule has 6 nitrogen and oxygen atoms in total. The molecule has 2 aliphatic heterocycles. The molecular weight excluding hydrogens is 368 g/mol. The predicted molar refractivity (Wildman–Crippen MR) is 115 cm³/mol. The largest absolute Gasteiger partial charge is 0.481 e. The van der Waals surface area contributed by atoms with E-state index in [2.05, 4.69) is 79.3 Å². The number of carboxylic acids is 1. The van der Waals surface area contributed by atoms with Crippen molar-refractivity contribution < 1.29 is 19.4 Å². The Balaban J connectivity index is 2.31. The fraction of sp³-hybridized carbons (Fsp3) is 0.913. The summed E-state index contributed by atoms with van der Waals surface area (Å²) in [7, 11) is 4.15. The Hall–Kier alpha value is -1.14. The van der Waals surface area contributed by atoms with Gasteiger partial charge >= 0.3 is 11.9 Å². The van der Waals surface area contributed by atoms with Gasteiger partial charge in [0, 0.05) is 23.0 Å². The molecule has 2 heterocycles. The van der Waals surface area contributed by atoms with Crippen LogP contribution >= 0.6 is 0 Å². The summed E-state index contributed by atoms with van der Waals surface area (Å²) in [5.74, 6) is -3.06. The number of ether oxygens (including phenoxy) is 1. The summed E-state index contributed by atoms with van der Waals surface area (Å²) in [5.41, 5.74) is -1.04. The molecule has 2 fully saturated rings. The van der Waals surface area contributed by atoms with E-state index in [-0.39, 0.29) is 33.9 Å². The minimum atomic E-state index is -1.14. The van der Waals surface area contributed by atoms with Crippen molar-refractivity contribution in [2.45, 2.75) is 85.4 Å². The zero-order valence-corrected chi connectivity index (χ0v) is 20.1. The fourth-order valence-electron chi connectivity index (χ4n) is 5.20. The third-order valence-corrected chi connectivity index (χ3v) is 9.48. The van der Waals surface area contributed by atoms with Crippen LogP contribution in [0.15, 0.2) is 0 Å². The van der Waals surface area contributed by atoms with E-state index in [1.807, 2.05) is 0 Å². The first-order valence-electron chi connectivity index (χ1n) is 10.9. The van der Waals surface area contributed by atoms with Gasteiger partial charge in [0.1, 0.15) is 6.10 Å². The van der Waals surface area contributed by atoms with Gasteiger partial charge in [-0.15, -0.1) is 0 Å². The minimum absolute atomic E-state index is 0.163. The number of rotatable bonds is 4. The first kappa shape index (κ1) is 24.1. The normalized spacial score (nSPS) is 32.3. The third-order valence-electron chi connectivity index (χ3n) is 9.48. The molecule has 29 heavy (non-hydrogen) atoms. The molecule has 0 aliphatic carbocycles. The van der Waals surface area contributed by atoms with Crippen LogP contribution in [0.1, 0.15) is 68.2 Å². The lowest BCUT2D eigenvalue weighted by atomic mass is 9.58. The van der Waals surface area contributed by atoms with Gasteiger partial charge in [0.05, 0.1) is 0 Å². The zero-order valence-electron chi connectivity index (χ0n) is 20.1. The Morgan fingerprint density at radius 1 is 0.862 bits per heavy atom. The molecule has 0 aromatic carbocycles. The monoisotopic (exact) mass is 410 g/mol. The third kappa shape index (κ3) is 3.71. The van der Waals surface area contributed by atoms with E-state index in [0.29, 0.717) is 12.8 Å². The van der Waals surface area contributed by atoms with Crippen molar-refractivity contribution in [3.63, 3.8) is 0 Å². The molecule has 0 spiro atoms. The second-order valence-electron chi connectivity index (χ2n) is 11.3. The number of aliphatic carboxylic acids is 1. The van der Waals surface area contributed by atoms with E-state index >= 15 is 0 Å². The summed E-state index contributed by atoms with van der Waals surface area (Å²) in [6, 6.07) is 0. The molecule has 0 bridgehead atoms. The number of piperidine rings is 2. The lowest BCUT2D eigenvalue weighted by Gasteiger charge is -2.57. The quantitative estimate of drug-likeness (QED) is 0.565. The minimum Gasteiger partial charge on any atom is -0.481 e. The molecule has 0 aromatic heterocycles. The smallest absolute Gasteiger partial charge is 0.320 e. The van der Waals surface area contributed by atoms with Crippen molar-refractivity contribution in [3.05, 3.63) is 0 Å². The molecule has 2 aliphatic rings. The number of carbonyl (C=O) groups excluding carboxylic acids is 1. The molecule has 3 unspecified atom stereocenters. The first-order valence-corrected chi connectivity index (χ1v) is 10.9. The molecule has 6 heteroatoms. The molecule has 3 atom stereocenters. The van der Waals surface area contributed by atoms with Crippen LogP contribution < -0.4 is 0 Å². The second kappa shape index (κ2) is 7.52. The Bertz CT molecular complexity index is 653. The topological polar surface area (TPSA) is 70.1 Å². The van der Waals surface area contributed by atoms with Gasteiger partial charge < -0.3 is 19.6 Å². The first-order chi connectivity index (χ1) is 13.0. The van der Waals surface area contributed by atoms with Crippen molar-refractivity contribution >= 4 is 11.9 Å². The summed E-state index contributed by atoms with van der Waals surface area (Å²) in [4.78, 5) is 30.1. The highest BCUT2D eigenvalue weighted by Crippen LogP contribution is 2.50. The van der Waals surface area contributed by atoms with Gasteiger partial charge in [-0.25, -0.2) is 0 Å². The summed E-state index contributed by atoms with van der Waals surface area (Å²) in [6.07, 6.45) is 1.08. The van der Waals surface area contributed by atoms with Crippen molar-refractivity contribution in [2.75, 3.05) is 27.2 Å². The van der Waals surface area contributed by atoms with Crippen molar-refractivity contribution in [1.29, 1.82) is 0 Å². The molecule has 1 N–H and O–H groups in total. The van der Waals surface area contributed by atoms with Gasteiger partial charge in [0.15, 0.2) is 5.92 Å². The zero-order chi connectivity index (χ0) is 22.6. The van der Waals surface area contributed by atoms with Gasteiger partial charge in [-0.2, -0.15) is 0 Å². The van der Waals surface area contributed by atoms with Crippen molar-refractivity contribution in [1.82, 2.24) is 9.80 Å². The van der Waals surface area contributed by atoms with Gasteiger partial charge in [-0.05, 0) is 72.5 Å². The Labute approximate surface area is 177 Å². The average molecular weight is 411 g/mol. The van der Waals surface area contributed by atoms with Crippen LogP contribution in [0, 0.1) is 22.7 Å². The lowest BCUT2D eigenvalue weighted by Crippen LogP contribution is -2.64. The second-order valence-corrected chi connectivity index (χ2v) is 11.3. The van der Waals surface area contributed by atoms with E-state index in [1.165, 1.54) is 0 Å². The van der Waals surface area contributed by atoms with Crippen LogP contribution in [-0.4, -0.2) is 71.2 Å². The number of hydrogen-bond donors (Lipinski definition) is 1. The highest BCUT2D eigenvalue weighted by atomic mass is 16.5. The Morgan fingerprint density at radius 2 is 1.31 bits per heavy atom. The van der Waals surface area contributed by atoms with E-state index in [9.17, 15) is 14.7 Å². The predicted octanol–water partition coefficient (Wildman–Crippen LogP) is 3.50. The number of likely N-dealkylation sites (tertiary alicyclic amines) is 2. The standard InChI is InChI=1S/C23H42N2O4/c1-20(2)15(11-13-24(9)22(20,5)6)17(18(26)27)19(28)29-16-12-14-25(10)23(7,8)21(16,3)4/h15-17H,11-14H2,1-10H3,(H,26,27).